The van der Waals surface area contributed by atoms with Crippen molar-refractivity contribution in [3.05, 3.63) is 59.7 Å². The Morgan fingerprint density at radius 2 is 1.82 bits per heavy atom. The van der Waals surface area contributed by atoms with E-state index in [4.69, 9.17) is 0 Å². The highest BCUT2D eigenvalue weighted by molar-refractivity contribution is 6.05. The molecule has 2 aromatic carbocycles. The summed E-state index contributed by atoms with van der Waals surface area (Å²) in [6.07, 6.45) is 0.516. The molecule has 112 valence electrons. The maximum atomic E-state index is 11.9. The van der Waals surface area contributed by atoms with Crippen LogP contribution in [0, 0.1) is 0 Å². The van der Waals surface area contributed by atoms with Crippen LogP contribution in [0.3, 0.4) is 0 Å². The smallest absolute Gasteiger partial charge is 0.240 e. The lowest BCUT2D eigenvalue weighted by molar-refractivity contribution is -0.130. The lowest BCUT2D eigenvalue weighted by atomic mass is 9.98. The third kappa shape index (κ3) is 2.53. The maximum Gasteiger partial charge on any atom is 0.240 e. The van der Waals surface area contributed by atoms with E-state index in [1.807, 2.05) is 6.07 Å². The van der Waals surface area contributed by atoms with Gasteiger partial charge in [0.1, 0.15) is 11.5 Å². The number of phenolic OH excluding ortho intramolecular Hbond substituents is 2. The molecular formula is C17H16N2O3. The molecule has 1 aliphatic rings. The molecule has 0 unspecified atom stereocenters. The van der Waals surface area contributed by atoms with Crippen molar-refractivity contribution in [2.24, 2.45) is 5.10 Å². The Balaban J connectivity index is 1.96. The predicted octanol–water partition coefficient (Wildman–Crippen LogP) is 2.80. The minimum Gasteiger partial charge on any atom is -0.508 e. The number of phenols is 2. The molecule has 1 aliphatic heterocycles. The van der Waals surface area contributed by atoms with Crippen molar-refractivity contribution < 1.29 is 15.0 Å². The Morgan fingerprint density at radius 3 is 2.45 bits per heavy atom. The van der Waals surface area contributed by atoms with Crippen LogP contribution in [0.5, 0.6) is 11.5 Å². The van der Waals surface area contributed by atoms with Crippen molar-refractivity contribution in [2.75, 3.05) is 0 Å². The van der Waals surface area contributed by atoms with E-state index in [1.54, 1.807) is 42.5 Å². The fourth-order valence-electron chi connectivity index (χ4n) is 2.64. The lowest BCUT2D eigenvalue weighted by Gasteiger charge is -2.20. The van der Waals surface area contributed by atoms with Crippen molar-refractivity contribution in [3.8, 4) is 11.5 Å². The van der Waals surface area contributed by atoms with Gasteiger partial charge in [-0.2, -0.15) is 5.10 Å². The normalized spacial score (nSPS) is 17.4. The van der Waals surface area contributed by atoms with Gasteiger partial charge in [0.05, 0.1) is 11.8 Å². The van der Waals surface area contributed by atoms with Gasteiger partial charge in [0.25, 0.3) is 0 Å². The Hall–Kier alpha value is -2.82. The molecule has 0 spiro atoms. The van der Waals surface area contributed by atoms with E-state index in [0.29, 0.717) is 17.7 Å². The van der Waals surface area contributed by atoms with Gasteiger partial charge >= 0.3 is 0 Å². The van der Waals surface area contributed by atoms with Crippen LogP contribution in [-0.2, 0) is 4.79 Å². The van der Waals surface area contributed by atoms with Crippen LogP contribution in [0.2, 0.25) is 0 Å². The first kappa shape index (κ1) is 14.1. The molecule has 0 radical (unpaired) electrons. The third-order valence-corrected chi connectivity index (χ3v) is 3.73. The Bertz CT molecular complexity index is 738. The van der Waals surface area contributed by atoms with Gasteiger partial charge in [-0.1, -0.05) is 24.3 Å². The number of rotatable bonds is 2. The number of carbonyl (C=O) groups is 1. The van der Waals surface area contributed by atoms with Gasteiger partial charge in [-0.25, -0.2) is 5.01 Å². The maximum absolute atomic E-state index is 11.9. The molecule has 22 heavy (non-hydrogen) atoms. The van der Waals surface area contributed by atoms with Gasteiger partial charge in [0.2, 0.25) is 5.91 Å². The molecule has 5 nitrogen and oxygen atoms in total. The summed E-state index contributed by atoms with van der Waals surface area (Å²) < 4.78 is 0. The van der Waals surface area contributed by atoms with Gasteiger partial charge in [-0.05, 0) is 29.8 Å². The van der Waals surface area contributed by atoms with E-state index in [2.05, 4.69) is 5.10 Å². The molecule has 0 saturated carbocycles. The number of hydrazone groups is 1. The van der Waals surface area contributed by atoms with Crippen molar-refractivity contribution in [1.29, 1.82) is 0 Å². The summed E-state index contributed by atoms with van der Waals surface area (Å²) in [5, 5.41) is 25.2. The molecule has 2 aromatic rings. The van der Waals surface area contributed by atoms with E-state index in [0.717, 1.165) is 5.56 Å². The highest BCUT2D eigenvalue weighted by atomic mass is 16.3. The van der Waals surface area contributed by atoms with Crippen molar-refractivity contribution in [1.82, 2.24) is 5.01 Å². The quantitative estimate of drug-likeness (QED) is 0.895. The third-order valence-electron chi connectivity index (χ3n) is 3.73. The SMILES string of the molecule is CC(=O)N1N=C(c2ccccc2O)C[C@H]1c1ccc(O)cc1. The second-order valence-corrected chi connectivity index (χ2v) is 5.24. The lowest BCUT2D eigenvalue weighted by Crippen LogP contribution is -2.24. The Kier molecular flexibility index (Phi) is 3.55. The number of hydrogen-bond donors (Lipinski definition) is 2. The van der Waals surface area contributed by atoms with Crippen molar-refractivity contribution in [3.63, 3.8) is 0 Å². The monoisotopic (exact) mass is 296 g/mol. The second kappa shape index (κ2) is 5.52. The summed E-state index contributed by atoms with van der Waals surface area (Å²) in [5.41, 5.74) is 2.20. The summed E-state index contributed by atoms with van der Waals surface area (Å²) in [6, 6.07) is 13.5. The molecule has 0 bridgehead atoms. The standard InChI is InChI=1S/C17H16N2O3/c1-11(20)19-16(12-6-8-13(21)9-7-12)10-15(18-19)14-4-2-3-5-17(14)22/h2-9,16,21-22H,10H2,1H3/t16-/m0/s1. The predicted molar refractivity (Wildman–Crippen MR) is 82.6 cm³/mol. The molecule has 2 N–H and O–H groups in total. The van der Waals surface area contributed by atoms with Crippen LogP contribution in [-0.4, -0.2) is 26.8 Å². The van der Waals surface area contributed by atoms with Gasteiger partial charge in [0.15, 0.2) is 0 Å². The molecule has 0 saturated heterocycles. The van der Waals surface area contributed by atoms with Crippen molar-refractivity contribution in [2.45, 2.75) is 19.4 Å². The zero-order chi connectivity index (χ0) is 15.7. The van der Waals surface area contributed by atoms with Crippen LogP contribution in [0.25, 0.3) is 0 Å². The van der Waals surface area contributed by atoms with E-state index < -0.39 is 0 Å². The second-order valence-electron chi connectivity index (χ2n) is 5.24. The highest BCUT2D eigenvalue weighted by Crippen LogP contribution is 2.35. The number of nitrogens with zero attached hydrogens (tertiary/aromatic N) is 2. The van der Waals surface area contributed by atoms with Crippen LogP contribution in [0.1, 0.15) is 30.5 Å². The Labute approximate surface area is 128 Å². The highest BCUT2D eigenvalue weighted by Gasteiger charge is 2.32. The van der Waals surface area contributed by atoms with E-state index >= 15 is 0 Å². The molecule has 3 rings (SSSR count). The average Bonchev–Trinajstić information content (AvgIpc) is 2.93. The fourth-order valence-corrected chi connectivity index (χ4v) is 2.64. The minimum absolute atomic E-state index is 0.149. The van der Waals surface area contributed by atoms with E-state index in [9.17, 15) is 15.0 Å². The van der Waals surface area contributed by atoms with Gasteiger partial charge < -0.3 is 10.2 Å². The topological polar surface area (TPSA) is 73.1 Å². The number of carbonyl (C=O) groups excluding carboxylic acids is 1. The van der Waals surface area contributed by atoms with Crippen molar-refractivity contribution >= 4 is 11.6 Å². The first-order chi connectivity index (χ1) is 10.6. The summed E-state index contributed by atoms with van der Waals surface area (Å²) in [5.74, 6) is 0.164. The minimum atomic E-state index is -0.229. The van der Waals surface area contributed by atoms with Crippen LogP contribution >= 0.6 is 0 Å². The first-order valence-electron chi connectivity index (χ1n) is 7.01. The van der Waals surface area contributed by atoms with E-state index in [-0.39, 0.29) is 23.4 Å². The zero-order valence-corrected chi connectivity index (χ0v) is 12.1. The number of benzene rings is 2. The van der Waals surface area contributed by atoms with Crippen LogP contribution < -0.4 is 0 Å². The number of amides is 1. The zero-order valence-electron chi connectivity index (χ0n) is 12.1. The fraction of sp³-hybridized carbons (Fsp3) is 0.176. The molecule has 0 aliphatic carbocycles. The summed E-state index contributed by atoms with van der Waals surface area (Å²) in [6.45, 7) is 1.46. The van der Waals surface area contributed by atoms with Crippen LogP contribution in [0.4, 0.5) is 0 Å². The summed E-state index contributed by atoms with van der Waals surface area (Å²) in [4.78, 5) is 11.9. The first-order valence-corrected chi connectivity index (χ1v) is 7.01. The molecule has 5 heteroatoms. The number of para-hydroxylation sites is 1. The van der Waals surface area contributed by atoms with E-state index in [1.165, 1.54) is 11.9 Å². The van der Waals surface area contributed by atoms with Crippen LogP contribution in [0.15, 0.2) is 53.6 Å². The Morgan fingerprint density at radius 1 is 1.14 bits per heavy atom. The average molecular weight is 296 g/mol. The molecule has 0 fully saturated rings. The summed E-state index contributed by atoms with van der Waals surface area (Å²) in [7, 11) is 0. The number of hydrogen-bond acceptors (Lipinski definition) is 4. The molecule has 1 heterocycles. The summed E-state index contributed by atoms with van der Waals surface area (Å²) >= 11 is 0. The molecule has 1 atom stereocenters. The molecular weight excluding hydrogens is 280 g/mol. The largest absolute Gasteiger partial charge is 0.508 e. The van der Waals surface area contributed by atoms with Gasteiger partial charge in [0, 0.05) is 18.9 Å². The van der Waals surface area contributed by atoms with Gasteiger partial charge in [-0.15, -0.1) is 0 Å². The van der Waals surface area contributed by atoms with Gasteiger partial charge in [-0.3, -0.25) is 4.79 Å². The molecule has 1 amide bonds. The molecule has 0 aromatic heterocycles. The number of aromatic hydroxyl groups is 2.